The quantitative estimate of drug-likeness (QED) is 0.215. The Morgan fingerprint density at radius 2 is 1.57 bits per heavy atom. The van der Waals surface area contributed by atoms with Gasteiger partial charge in [0.05, 0.1) is 23.3 Å². The lowest BCUT2D eigenvalue weighted by atomic mass is 10.00. The molecule has 6 nitrogen and oxygen atoms in total. The van der Waals surface area contributed by atoms with Crippen LogP contribution in [0.25, 0.3) is 0 Å². The van der Waals surface area contributed by atoms with Crippen LogP contribution in [0, 0.1) is 5.82 Å². The second-order valence-corrected chi connectivity index (χ2v) is 10.2. The second-order valence-electron chi connectivity index (χ2n) is 10.2. The number of aliphatic hydroxyl groups excluding tert-OH is 1. The van der Waals surface area contributed by atoms with E-state index >= 15 is 0 Å². The zero-order valence-electron chi connectivity index (χ0n) is 23.8. The fraction of sp³-hybridized carbons (Fsp3) is 0.375. The Labute approximate surface area is 243 Å². The molecule has 3 rings (SSSR count). The summed E-state index contributed by atoms with van der Waals surface area (Å²) in [4.78, 5) is 28.0. The molecule has 2 atom stereocenters. The summed E-state index contributed by atoms with van der Waals surface area (Å²) < 4.78 is 54.0. The third-order valence-corrected chi connectivity index (χ3v) is 6.75. The molecule has 0 radical (unpaired) electrons. The average Bonchev–Trinajstić information content (AvgIpc) is 2.96. The maximum atomic E-state index is 14.8. The maximum absolute atomic E-state index is 14.8. The number of nitrogens with zero attached hydrogens (tertiary/aromatic N) is 1. The zero-order chi connectivity index (χ0) is 30.7. The van der Waals surface area contributed by atoms with E-state index < -0.39 is 35.6 Å². The fourth-order valence-electron chi connectivity index (χ4n) is 4.63. The molecule has 0 fully saturated rings. The van der Waals surface area contributed by atoms with E-state index in [0.29, 0.717) is 18.7 Å². The van der Waals surface area contributed by atoms with Gasteiger partial charge in [0.1, 0.15) is 5.82 Å². The predicted molar refractivity (Wildman–Crippen MR) is 153 cm³/mol. The lowest BCUT2D eigenvalue weighted by Gasteiger charge is -2.25. The lowest BCUT2D eigenvalue weighted by molar-refractivity contribution is -0.137. The minimum absolute atomic E-state index is 0.0534. The van der Waals surface area contributed by atoms with Gasteiger partial charge in [-0.1, -0.05) is 62.4 Å². The first-order chi connectivity index (χ1) is 20.0. The van der Waals surface area contributed by atoms with E-state index in [9.17, 15) is 32.3 Å². The zero-order valence-corrected chi connectivity index (χ0v) is 23.8. The molecule has 0 aromatic heterocycles. The van der Waals surface area contributed by atoms with E-state index in [-0.39, 0.29) is 36.5 Å². The first kappa shape index (κ1) is 32.8. The first-order valence-electron chi connectivity index (χ1n) is 14.0. The lowest BCUT2D eigenvalue weighted by Crippen LogP contribution is -2.48. The highest BCUT2D eigenvalue weighted by Gasteiger charge is 2.30. The van der Waals surface area contributed by atoms with Gasteiger partial charge in [0, 0.05) is 31.7 Å². The van der Waals surface area contributed by atoms with Crippen LogP contribution in [0.3, 0.4) is 0 Å². The van der Waals surface area contributed by atoms with Gasteiger partial charge in [0.25, 0.3) is 11.8 Å². The summed E-state index contributed by atoms with van der Waals surface area (Å²) >= 11 is 0. The Bertz CT molecular complexity index is 1310. The SMILES string of the molecule is CCCN(CCC)C(=O)c1ccc(F)c(C(=O)N[C@@H](Cc2ccccc2)[C@H](O)CNCc2cccc(C(F)(F)F)c2)c1. The topological polar surface area (TPSA) is 81.7 Å². The Hall–Kier alpha value is -3.76. The van der Waals surface area contributed by atoms with E-state index in [2.05, 4.69) is 10.6 Å². The van der Waals surface area contributed by atoms with Gasteiger partial charge in [-0.15, -0.1) is 0 Å². The van der Waals surface area contributed by atoms with Crippen molar-refractivity contribution in [2.45, 2.75) is 58.0 Å². The number of aliphatic hydroxyl groups is 1. The summed E-state index contributed by atoms with van der Waals surface area (Å²) in [6.45, 7) is 4.96. The molecule has 2 amide bonds. The molecular formula is C32H37F4N3O3. The van der Waals surface area contributed by atoms with Crippen molar-refractivity contribution in [1.29, 1.82) is 0 Å². The van der Waals surface area contributed by atoms with Crippen molar-refractivity contribution in [3.63, 3.8) is 0 Å². The molecule has 0 bridgehead atoms. The van der Waals surface area contributed by atoms with Gasteiger partial charge in [-0.05, 0) is 54.7 Å². The third kappa shape index (κ3) is 9.39. The van der Waals surface area contributed by atoms with Crippen LogP contribution in [-0.4, -0.2) is 53.6 Å². The number of hydrogen-bond acceptors (Lipinski definition) is 4. The van der Waals surface area contributed by atoms with Crippen molar-refractivity contribution in [2.75, 3.05) is 19.6 Å². The van der Waals surface area contributed by atoms with Crippen LogP contribution in [-0.2, 0) is 19.1 Å². The molecule has 0 spiro atoms. The highest BCUT2D eigenvalue weighted by Crippen LogP contribution is 2.29. The molecule has 0 aliphatic heterocycles. The van der Waals surface area contributed by atoms with Crippen LogP contribution in [0.5, 0.6) is 0 Å². The predicted octanol–water partition coefficient (Wildman–Crippen LogP) is 5.60. The third-order valence-electron chi connectivity index (χ3n) is 6.75. The van der Waals surface area contributed by atoms with Crippen molar-refractivity contribution in [1.82, 2.24) is 15.5 Å². The summed E-state index contributed by atoms with van der Waals surface area (Å²) in [5, 5.41) is 16.7. The average molecular weight is 588 g/mol. The van der Waals surface area contributed by atoms with E-state index in [1.807, 2.05) is 32.0 Å². The van der Waals surface area contributed by atoms with Gasteiger partial charge in [-0.25, -0.2) is 4.39 Å². The maximum Gasteiger partial charge on any atom is 0.416 e. The molecule has 226 valence electrons. The molecule has 0 aliphatic carbocycles. The summed E-state index contributed by atoms with van der Waals surface area (Å²) in [5.74, 6) is -1.90. The number of halogens is 4. The number of benzene rings is 3. The van der Waals surface area contributed by atoms with E-state index in [0.717, 1.165) is 36.6 Å². The first-order valence-corrected chi connectivity index (χ1v) is 14.0. The molecule has 0 heterocycles. The van der Waals surface area contributed by atoms with E-state index in [4.69, 9.17) is 0 Å². The van der Waals surface area contributed by atoms with Crippen LogP contribution in [0.15, 0.2) is 72.8 Å². The normalized spacial score (nSPS) is 12.9. The summed E-state index contributed by atoms with van der Waals surface area (Å²) in [5.41, 5.74) is 0.275. The van der Waals surface area contributed by atoms with Crippen LogP contribution in [0.4, 0.5) is 17.6 Å². The summed E-state index contributed by atoms with van der Waals surface area (Å²) in [7, 11) is 0. The molecule has 0 unspecified atom stereocenters. The standard InChI is InChI=1S/C32H37F4N3O3/c1-3-15-39(16-4-2)31(42)24-13-14-27(33)26(19-24)30(41)38-28(18-22-9-6-5-7-10-22)29(40)21-37-20-23-11-8-12-25(17-23)32(34,35)36/h5-14,17,19,28-29,37,40H,3-4,15-16,18,20-21H2,1-2H3,(H,38,41)/t28-,29+/m0/s1. The number of rotatable bonds is 14. The molecule has 10 heteroatoms. The van der Waals surface area contributed by atoms with Gasteiger partial charge in [-0.2, -0.15) is 13.2 Å². The van der Waals surface area contributed by atoms with Crippen LogP contribution in [0.2, 0.25) is 0 Å². The van der Waals surface area contributed by atoms with Crippen molar-refractivity contribution >= 4 is 11.8 Å². The minimum atomic E-state index is -4.47. The molecule has 0 saturated heterocycles. The summed E-state index contributed by atoms with van der Waals surface area (Å²) in [6.07, 6.45) is -3.93. The van der Waals surface area contributed by atoms with Crippen molar-refractivity contribution in [2.24, 2.45) is 0 Å². The number of alkyl halides is 3. The van der Waals surface area contributed by atoms with Crippen molar-refractivity contribution in [3.8, 4) is 0 Å². The van der Waals surface area contributed by atoms with Gasteiger partial charge in [0.15, 0.2) is 0 Å². The highest BCUT2D eigenvalue weighted by molar-refractivity contribution is 6.00. The fourth-order valence-corrected chi connectivity index (χ4v) is 4.63. The smallest absolute Gasteiger partial charge is 0.390 e. The molecule has 42 heavy (non-hydrogen) atoms. The summed E-state index contributed by atoms with van der Waals surface area (Å²) in [6, 6.07) is 16.7. The van der Waals surface area contributed by atoms with Gasteiger partial charge in [0.2, 0.25) is 0 Å². The van der Waals surface area contributed by atoms with Gasteiger partial charge in [-0.3, -0.25) is 9.59 Å². The monoisotopic (exact) mass is 587 g/mol. The Kier molecular flexibility index (Phi) is 12.1. The molecule has 3 aromatic carbocycles. The number of carbonyl (C=O) groups excluding carboxylic acids is 2. The number of nitrogens with one attached hydrogen (secondary N) is 2. The number of amides is 2. The van der Waals surface area contributed by atoms with Crippen LogP contribution >= 0.6 is 0 Å². The van der Waals surface area contributed by atoms with Crippen molar-refractivity contribution in [3.05, 3.63) is 106 Å². The number of hydrogen-bond donors (Lipinski definition) is 3. The Balaban J connectivity index is 1.76. The largest absolute Gasteiger partial charge is 0.416 e. The molecule has 0 saturated carbocycles. The molecule has 3 N–H and O–H groups in total. The van der Waals surface area contributed by atoms with Crippen molar-refractivity contribution < 1.29 is 32.3 Å². The molecular weight excluding hydrogens is 550 g/mol. The van der Waals surface area contributed by atoms with Crippen LogP contribution < -0.4 is 10.6 Å². The highest BCUT2D eigenvalue weighted by atomic mass is 19.4. The van der Waals surface area contributed by atoms with E-state index in [1.54, 1.807) is 17.0 Å². The van der Waals surface area contributed by atoms with Gasteiger partial charge < -0.3 is 20.6 Å². The van der Waals surface area contributed by atoms with Gasteiger partial charge >= 0.3 is 6.18 Å². The minimum Gasteiger partial charge on any atom is -0.390 e. The Morgan fingerprint density at radius 3 is 2.21 bits per heavy atom. The molecule has 3 aromatic rings. The molecule has 0 aliphatic rings. The number of carbonyl (C=O) groups is 2. The second kappa shape index (κ2) is 15.5. The van der Waals surface area contributed by atoms with Crippen LogP contribution in [0.1, 0.15) is 64.1 Å². The van der Waals surface area contributed by atoms with E-state index in [1.165, 1.54) is 24.3 Å². The Morgan fingerprint density at radius 1 is 0.905 bits per heavy atom.